The summed E-state index contributed by atoms with van der Waals surface area (Å²) in [4.78, 5) is 1.02. The lowest BCUT2D eigenvalue weighted by atomic mass is 9.96. The van der Waals surface area contributed by atoms with Crippen molar-refractivity contribution >= 4 is 19.1 Å². The molecule has 2 heterocycles. The van der Waals surface area contributed by atoms with E-state index in [9.17, 15) is 4.57 Å². The molecular formula is C40H47O6PS. The van der Waals surface area contributed by atoms with Gasteiger partial charge in [0, 0.05) is 15.2 Å². The van der Waals surface area contributed by atoms with Crippen LogP contribution < -0.4 is 0 Å². The molecule has 48 heavy (non-hydrogen) atoms. The van der Waals surface area contributed by atoms with Gasteiger partial charge in [0.25, 0.3) is 0 Å². The van der Waals surface area contributed by atoms with E-state index >= 15 is 0 Å². The summed E-state index contributed by atoms with van der Waals surface area (Å²) in [6, 6.07) is 40.4. The van der Waals surface area contributed by atoms with Gasteiger partial charge in [-0.2, -0.15) is 0 Å². The maximum atomic E-state index is 14.9. The van der Waals surface area contributed by atoms with E-state index in [1.165, 1.54) is 0 Å². The first-order valence-electron chi connectivity index (χ1n) is 16.7. The van der Waals surface area contributed by atoms with Crippen LogP contribution in [0, 0.1) is 0 Å². The lowest BCUT2D eigenvalue weighted by Crippen LogP contribution is -2.62. The van der Waals surface area contributed by atoms with Gasteiger partial charge in [0.2, 0.25) is 7.37 Å². The van der Waals surface area contributed by atoms with Crippen LogP contribution in [-0.4, -0.2) is 46.8 Å². The number of ether oxygens (including phenoxy) is 4. The summed E-state index contributed by atoms with van der Waals surface area (Å²) in [5.74, 6) is 0. The topological polar surface area (TPSA) is 63.2 Å². The average Bonchev–Trinajstić information content (AvgIpc) is 3.09. The Morgan fingerprint density at radius 3 is 1.60 bits per heavy atom. The molecule has 0 N–H and O–H groups in total. The lowest BCUT2D eigenvalue weighted by molar-refractivity contribution is -0.238. The Bertz CT molecular complexity index is 1600. The average molecular weight is 687 g/mol. The largest absolute Gasteiger partial charge is 0.374 e. The van der Waals surface area contributed by atoms with Crippen LogP contribution in [0.5, 0.6) is 0 Å². The number of benzene rings is 4. The summed E-state index contributed by atoms with van der Waals surface area (Å²) in [6.07, 6.45) is -1.54. The minimum Gasteiger partial charge on any atom is -0.374 e. The van der Waals surface area contributed by atoms with Crippen molar-refractivity contribution < 1.29 is 28.0 Å². The molecule has 2 aliphatic heterocycles. The molecule has 4 aromatic rings. The Morgan fingerprint density at radius 1 is 0.646 bits per heavy atom. The smallest absolute Gasteiger partial charge is 0.214 e. The van der Waals surface area contributed by atoms with Gasteiger partial charge in [-0.3, -0.25) is 4.57 Å². The number of thioether (sulfide) groups is 1. The summed E-state index contributed by atoms with van der Waals surface area (Å²) in [6.45, 7) is 9.61. The molecule has 0 aromatic heterocycles. The van der Waals surface area contributed by atoms with Crippen LogP contribution >= 0.6 is 19.1 Å². The SMILES string of the molecule is CC1(C)CC(C)(C)P1(=O)O[C@@H]1[C@@H](OCc2ccccc2)[C@H](OCc2ccccc2)[C@@H](COCc2ccccc2)O[C@H]1Sc1ccccc1. The van der Waals surface area contributed by atoms with Crippen LogP contribution in [-0.2, 0) is 47.9 Å². The molecule has 0 spiro atoms. The second-order valence-corrected chi connectivity index (χ2v) is 18.8. The fraction of sp³-hybridized carbons (Fsp3) is 0.400. The zero-order valence-corrected chi connectivity index (χ0v) is 30.0. The van der Waals surface area contributed by atoms with E-state index in [1.807, 2.05) is 137 Å². The molecule has 2 fully saturated rings. The van der Waals surface area contributed by atoms with Gasteiger partial charge in [-0.25, -0.2) is 0 Å². The van der Waals surface area contributed by atoms with Gasteiger partial charge in [-0.05, 0) is 35.2 Å². The van der Waals surface area contributed by atoms with Gasteiger partial charge < -0.3 is 23.5 Å². The molecule has 0 aliphatic carbocycles. The third-order valence-electron chi connectivity index (χ3n) is 9.28. The zero-order valence-electron chi connectivity index (χ0n) is 28.3. The van der Waals surface area contributed by atoms with E-state index in [-0.39, 0.29) is 6.61 Å². The van der Waals surface area contributed by atoms with Gasteiger partial charge in [0.15, 0.2) is 0 Å². The first kappa shape index (κ1) is 35.1. The van der Waals surface area contributed by atoms with Crippen LogP contribution in [0.2, 0.25) is 0 Å². The van der Waals surface area contributed by atoms with Crippen molar-refractivity contribution in [1.82, 2.24) is 0 Å². The Labute approximate surface area is 289 Å². The molecule has 2 saturated heterocycles. The Balaban J connectivity index is 1.37. The van der Waals surface area contributed by atoms with Crippen molar-refractivity contribution in [3.8, 4) is 0 Å². The fourth-order valence-corrected chi connectivity index (χ4v) is 12.0. The van der Waals surface area contributed by atoms with E-state index in [2.05, 4.69) is 12.1 Å². The molecule has 0 saturated carbocycles. The Kier molecular flexibility index (Phi) is 11.3. The van der Waals surface area contributed by atoms with E-state index in [1.54, 1.807) is 11.8 Å². The van der Waals surface area contributed by atoms with Crippen LogP contribution in [0.4, 0.5) is 0 Å². The molecule has 5 atom stereocenters. The maximum absolute atomic E-state index is 14.9. The third kappa shape index (κ3) is 8.00. The first-order valence-corrected chi connectivity index (χ1v) is 19.2. The molecule has 0 bridgehead atoms. The molecule has 0 amide bonds. The fourth-order valence-electron chi connectivity index (χ4n) is 7.10. The van der Waals surface area contributed by atoms with E-state index in [4.69, 9.17) is 23.5 Å². The molecule has 0 unspecified atom stereocenters. The van der Waals surface area contributed by atoms with Gasteiger partial charge in [0.1, 0.15) is 29.9 Å². The Morgan fingerprint density at radius 2 is 1.10 bits per heavy atom. The van der Waals surface area contributed by atoms with Gasteiger partial charge in [-0.1, -0.05) is 149 Å². The molecule has 2 aliphatic rings. The predicted molar refractivity (Wildman–Crippen MR) is 192 cm³/mol. The van der Waals surface area contributed by atoms with Crippen molar-refractivity contribution in [1.29, 1.82) is 0 Å². The number of hydrogen-bond donors (Lipinski definition) is 0. The second-order valence-electron chi connectivity index (χ2n) is 13.9. The van der Waals surface area contributed by atoms with Crippen molar-refractivity contribution in [3.63, 3.8) is 0 Å². The summed E-state index contributed by atoms with van der Waals surface area (Å²) in [7, 11) is -3.19. The zero-order chi connectivity index (χ0) is 33.6. The molecule has 254 valence electrons. The van der Waals surface area contributed by atoms with Crippen LogP contribution in [0.25, 0.3) is 0 Å². The number of rotatable bonds is 14. The summed E-state index contributed by atoms with van der Waals surface area (Å²) in [5.41, 5.74) is 2.62. The second kappa shape index (κ2) is 15.4. The minimum absolute atomic E-state index is 0.284. The first-order chi connectivity index (χ1) is 23.2. The van der Waals surface area contributed by atoms with Gasteiger partial charge >= 0.3 is 0 Å². The highest BCUT2D eigenvalue weighted by molar-refractivity contribution is 7.99. The lowest BCUT2D eigenvalue weighted by Gasteiger charge is -2.58. The van der Waals surface area contributed by atoms with E-state index < -0.39 is 47.5 Å². The maximum Gasteiger partial charge on any atom is 0.214 e. The van der Waals surface area contributed by atoms with E-state index in [0.29, 0.717) is 19.8 Å². The highest BCUT2D eigenvalue weighted by Gasteiger charge is 2.66. The van der Waals surface area contributed by atoms with Gasteiger partial charge in [0.05, 0.1) is 26.4 Å². The molecule has 0 radical (unpaired) electrons. The Hall–Kier alpha value is -2.74. The molecule has 8 heteroatoms. The minimum atomic E-state index is -3.19. The molecule has 4 aromatic carbocycles. The summed E-state index contributed by atoms with van der Waals surface area (Å²) in [5, 5.41) is -0.947. The third-order valence-corrected chi connectivity index (χ3v) is 14.5. The quantitative estimate of drug-likeness (QED) is 0.123. The predicted octanol–water partition coefficient (Wildman–Crippen LogP) is 9.52. The highest BCUT2D eigenvalue weighted by Crippen LogP contribution is 2.80. The molecule has 6 rings (SSSR count). The van der Waals surface area contributed by atoms with Crippen molar-refractivity contribution in [2.75, 3.05) is 6.61 Å². The molecular weight excluding hydrogens is 639 g/mol. The number of hydrogen-bond acceptors (Lipinski definition) is 7. The van der Waals surface area contributed by atoms with Crippen molar-refractivity contribution in [2.24, 2.45) is 0 Å². The normalized spacial score (nSPS) is 25.6. The van der Waals surface area contributed by atoms with Crippen molar-refractivity contribution in [3.05, 3.63) is 138 Å². The van der Waals surface area contributed by atoms with Crippen molar-refractivity contribution in [2.45, 2.75) is 99.0 Å². The summed E-state index contributed by atoms with van der Waals surface area (Å²) < 4.78 is 48.9. The monoisotopic (exact) mass is 686 g/mol. The highest BCUT2D eigenvalue weighted by atomic mass is 32.2. The summed E-state index contributed by atoms with van der Waals surface area (Å²) >= 11 is 1.56. The molecule has 6 nitrogen and oxygen atoms in total. The van der Waals surface area contributed by atoms with Crippen LogP contribution in [0.1, 0.15) is 50.8 Å². The van der Waals surface area contributed by atoms with E-state index in [0.717, 1.165) is 28.0 Å². The van der Waals surface area contributed by atoms with Crippen LogP contribution in [0.3, 0.4) is 0 Å². The standard InChI is InChI=1S/C40H47O6PS/c1-39(2)29-40(3,4)47(39,41)46-37-36(44-27-32-21-13-7-14-22-32)35(43-26-31-19-11-6-12-20-31)34(28-42-25-30-17-9-5-10-18-30)45-38(37)48-33-23-15-8-16-24-33/h5-24,34-38H,25-29H2,1-4H3/t34-,35-,36+,37-,38+/m1/s1. The van der Waals surface area contributed by atoms with Crippen LogP contribution in [0.15, 0.2) is 126 Å². The van der Waals surface area contributed by atoms with Gasteiger partial charge in [-0.15, -0.1) is 0 Å².